The molecule has 0 amide bonds. The second-order valence-electron chi connectivity index (χ2n) is 5.17. The van der Waals surface area contributed by atoms with Crippen LogP contribution in [-0.4, -0.2) is 13.2 Å². The van der Waals surface area contributed by atoms with Gasteiger partial charge in [-0.1, -0.05) is 20.8 Å². The summed E-state index contributed by atoms with van der Waals surface area (Å²) in [5, 5.41) is 0. The van der Waals surface area contributed by atoms with Gasteiger partial charge in [-0.25, -0.2) is 0 Å². The summed E-state index contributed by atoms with van der Waals surface area (Å²) >= 11 is 0. The van der Waals surface area contributed by atoms with E-state index in [4.69, 9.17) is 4.74 Å². The van der Waals surface area contributed by atoms with Crippen molar-refractivity contribution < 1.29 is 4.74 Å². The van der Waals surface area contributed by atoms with Crippen molar-refractivity contribution in [1.29, 1.82) is 0 Å². The maximum Gasteiger partial charge on any atom is 0.0525 e. The predicted octanol–water partition coefficient (Wildman–Crippen LogP) is 2.46. The molecule has 1 nitrogen and oxygen atoms in total. The predicted molar refractivity (Wildman–Crippen MR) is 45.4 cm³/mol. The molecule has 64 valence electrons. The first-order chi connectivity index (χ1) is 5.06. The second kappa shape index (κ2) is 2.01. The minimum absolute atomic E-state index is 0.544. The summed E-state index contributed by atoms with van der Waals surface area (Å²) in [7, 11) is 0. The third kappa shape index (κ3) is 0.936. The number of hydrogen-bond donors (Lipinski definition) is 0. The molecule has 0 unspecified atom stereocenters. The fourth-order valence-corrected chi connectivity index (χ4v) is 2.93. The molecular weight excluding hydrogens is 136 g/mol. The van der Waals surface area contributed by atoms with Crippen molar-refractivity contribution in [3.63, 3.8) is 0 Å². The summed E-state index contributed by atoms with van der Waals surface area (Å²) in [5.41, 5.74) is 1.11. The van der Waals surface area contributed by atoms with E-state index in [2.05, 4.69) is 20.8 Å². The SMILES string of the molecule is CC(C)C12COCC(C)(C1)C2. The molecule has 11 heavy (non-hydrogen) atoms. The van der Waals surface area contributed by atoms with Gasteiger partial charge in [0.1, 0.15) is 0 Å². The molecule has 2 saturated heterocycles. The number of ether oxygens (including phenoxy) is 1. The van der Waals surface area contributed by atoms with Gasteiger partial charge in [-0.2, -0.15) is 0 Å². The first-order valence-electron chi connectivity index (χ1n) is 4.64. The highest BCUT2D eigenvalue weighted by atomic mass is 16.5. The standard InChI is InChI=1S/C10H18O/c1-8(2)10-4-9(3,5-10)6-11-7-10/h8H,4-7H2,1-3H3. The zero-order chi connectivity index (χ0) is 8.11. The topological polar surface area (TPSA) is 9.23 Å². The first-order valence-corrected chi connectivity index (χ1v) is 4.64. The normalized spacial score (nSPS) is 49.1. The van der Waals surface area contributed by atoms with Gasteiger partial charge in [-0.15, -0.1) is 0 Å². The molecule has 0 radical (unpaired) electrons. The van der Waals surface area contributed by atoms with Crippen LogP contribution >= 0.6 is 0 Å². The maximum absolute atomic E-state index is 5.60. The smallest absolute Gasteiger partial charge is 0.0525 e. The van der Waals surface area contributed by atoms with Crippen molar-refractivity contribution in [2.24, 2.45) is 16.7 Å². The van der Waals surface area contributed by atoms with Gasteiger partial charge in [0, 0.05) is 0 Å². The highest BCUT2D eigenvalue weighted by Gasteiger charge is 2.56. The number of rotatable bonds is 1. The quantitative estimate of drug-likeness (QED) is 0.563. The van der Waals surface area contributed by atoms with Gasteiger partial charge in [0.25, 0.3) is 0 Å². The Hall–Kier alpha value is -0.0400. The Bertz CT molecular complexity index is 166. The van der Waals surface area contributed by atoms with Gasteiger partial charge in [-0.05, 0) is 29.6 Å². The lowest BCUT2D eigenvalue weighted by Crippen LogP contribution is -2.57. The summed E-state index contributed by atoms with van der Waals surface area (Å²) in [5.74, 6) is 0.802. The van der Waals surface area contributed by atoms with Crippen molar-refractivity contribution in [1.82, 2.24) is 0 Å². The molecule has 0 aromatic carbocycles. The Labute approximate surface area is 69.1 Å². The molecule has 3 fully saturated rings. The molecule has 2 heterocycles. The van der Waals surface area contributed by atoms with Crippen LogP contribution in [0.1, 0.15) is 33.6 Å². The Morgan fingerprint density at radius 3 is 2.18 bits per heavy atom. The summed E-state index contributed by atoms with van der Waals surface area (Å²) in [6.07, 6.45) is 2.80. The zero-order valence-electron chi connectivity index (χ0n) is 7.81. The van der Waals surface area contributed by atoms with Gasteiger partial charge in [0.15, 0.2) is 0 Å². The van der Waals surface area contributed by atoms with Gasteiger partial charge in [0.2, 0.25) is 0 Å². The number of hydrogen-bond acceptors (Lipinski definition) is 1. The third-order valence-corrected chi connectivity index (χ3v) is 3.62. The van der Waals surface area contributed by atoms with Crippen LogP contribution < -0.4 is 0 Å². The molecule has 0 aromatic rings. The van der Waals surface area contributed by atoms with E-state index in [1.54, 1.807) is 0 Å². The lowest BCUT2D eigenvalue weighted by atomic mass is 9.49. The van der Waals surface area contributed by atoms with Crippen LogP contribution in [0.15, 0.2) is 0 Å². The molecule has 1 aliphatic carbocycles. The highest BCUT2D eigenvalue weighted by Crippen LogP contribution is 2.61. The minimum atomic E-state index is 0.544. The molecular formula is C10H18O. The zero-order valence-corrected chi connectivity index (χ0v) is 7.81. The summed E-state index contributed by atoms with van der Waals surface area (Å²) < 4.78 is 5.60. The lowest BCUT2D eigenvalue weighted by Gasteiger charge is -2.61. The fraction of sp³-hybridized carbons (Fsp3) is 1.00. The monoisotopic (exact) mass is 154 g/mol. The van der Waals surface area contributed by atoms with Crippen LogP contribution in [0.4, 0.5) is 0 Å². The minimum Gasteiger partial charge on any atom is -0.380 e. The Morgan fingerprint density at radius 1 is 1.18 bits per heavy atom. The van der Waals surface area contributed by atoms with E-state index in [9.17, 15) is 0 Å². The van der Waals surface area contributed by atoms with Crippen LogP contribution in [0.3, 0.4) is 0 Å². The Morgan fingerprint density at radius 2 is 1.82 bits per heavy atom. The van der Waals surface area contributed by atoms with E-state index in [1.807, 2.05) is 0 Å². The Kier molecular flexibility index (Phi) is 1.39. The van der Waals surface area contributed by atoms with E-state index in [-0.39, 0.29) is 0 Å². The molecule has 3 aliphatic rings. The first kappa shape index (κ1) is 7.60. The second-order valence-corrected chi connectivity index (χ2v) is 5.17. The van der Waals surface area contributed by atoms with Gasteiger partial charge < -0.3 is 4.74 Å². The van der Waals surface area contributed by atoms with Crippen molar-refractivity contribution in [2.75, 3.05) is 13.2 Å². The number of fused-ring (bicyclic) bond motifs is 2. The van der Waals surface area contributed by atoms with E-state index in [0.29, 0.717) is 10.8 Å². The maximum atomic E-state index is 5.60. The van der Waals surface area contributed by atoms with Crippen LogP contribution in [0, 0.1) is 16.7 Å². The van der Waals surface area contributed by atoms with E-state index >= 15 is 0 Å². The molecule has 0 spiro atoms. The fourth-order valence-electron chi connectivity index (χ4n) is 2.93. The van der Waals surface area contributed by atoms with Crippen LogP contribution in [0.5, 0.6) is 0 Å². The highest BCUT2D eigenvalue weighted by molar-refractivity contribution is 5.05. The molecule has 0 atom stereocenters. The Balaban J connectivity index is 2.10. The van der Waals surface area contributed by atoms with Crippen LogP contribution in [0.25, 0.3) is 0 Å². The van der Waals surface area contributed by atoms with Crippen molar-refractivity contribution in [3.8, 4) is 0 Å². The largest absolute Gasteiger partial charge is 0.380 e. The third-order valence-electron chi connectivity index (χ3n) is 3.62. The summed E-state index contributed by atoms with van der Waals surface area (Å²) in [4.78, 5) is 0. The van der Waals surface area contributed by atoms with Crippen LogP contribution in [-0.2, 0) is 4.74 Å². The van der Waals surface area contributed by atoms with Gasteiger partial charge >= 0.3 is 0 Å². The summed E-state index contributed by atoms with van der Waals surface area (Å²) in [6, 6.07) is 0. The molecule has 3 rings (SSSR count). The van der Waals surface area contributed by atoms with Crippen molar-refractivity contribution in [3.05, 3.63) is 0 Å². The molecule has 2 bridgehead atoms. The van der Waals surface area contributed by atoms with Crippen LogP contribution in [0.2, 0.25) is 0 Å². The van der Waals surface area contributed by atoms with Gasteiger partial charge in [0.05, 0.1) is 13.2 Å². The van der Waals surface area contributed by atoms with E-state index in [1.165, 1.54) is 12.8 Å². The molecule has 0 N–H and O–H groups in total. The molecule has 1 heteroatoms. The van der Waals surface area contributed by atoms with E-state index < -0.39 is 0 Å². The average Bonchev–Trinajstić information content (AvgIpc) is 1.85. The van der Waals surface area contributed by atoms with Crippen molar-refractivity contribution in [2.45, 2.75) is 33.6 Å². The molecule has 2 aliphatic heterocycles. The summed E-state index contributed by atoms with van der Waals surface area (Å²) in [6.45, 7) is 9.02. The van der Waals surface area contributed by atoms with Gasteiger partial charge in [-0.3, -0.25) is 0 Å². The average molecular weight is 154 g/mol. The molecule has 0 aromatic heterocycles. The van der Waals surface area contributed by atoms with E-state index in [0.717, 1.165) is 19.1 Å². The van der Waals surface area contributed by atoms with Crippen molar-refractivity contribution >= 4 is 0 Å². The molecule has 1 saturated carbocycles. The lowest BCUT2D eigenvalue weighted by molar-refractivity contribution is -0.204.